The van der Waals surface area contributed by atoms with Crippen molar-refractivity contribution in [3.8, 4) is 16.8 Å². The Morgan fingerprint density at radius 1 is 1.00 bits per heavy atom. The van der Waals surface area contributed by atoms with E-state index in [4.69, 9.17) is 0 Å². The number of nitrogens with one attached hydrogen (secondary N) is 2. The number of aromatic nitrogens is 4. The van der Waals surface area contributed by atoms with E-state index in [0.29, 0.717) is 0 Å². The SMILES string of the molecule is Cc1ccc2[nH]c3c(-c4cccc(-n5ccnc5)c4)cc(=O)[nH]c3c2c1. The third kappa shape index (κ3) is 2.25. The Hall–Kier alpha value is -3.60. The molecule has 0 bridgehead atoms. The maximum Gasteiger partial charge on any atom is 0.249 e. The Labute approximate surface area is 149 Å². The van der Waals surface area contributed by atoms with Crippen molar-refractivity contribution < 1.29 is 0 Å². The first kappa shape index (κ1) is 14.7. The molecule has 126 valence electrons. The summed E-state index contributed by atoms with van der Waals surface area (Å²) in [5.41, 5.74) is 6.72. The van der Waals surface area contributed by atoms with Gasteiger partial charge in [0.1, 0.15) is 0 Å². The average Bonchev–Trinajstić information content (AvgIpc) is 3.29. The van der Waals surface area contributed by atoms with Crippen molar-refractivity contribution in [2.75, 3.05) is 0 Å². The lowest BCUT2D eigenvalue weighted by Gasteiger charge is -2.07. The molecule has 0 saturated heterocycles. The summed E-state index contributed by atoms with van der Waals surface area (Å²) in [4.78, 5) is 22.9. The van der Waals surface area contributed by atoms with Crippen LogP contribution < -0.4 is 5.56 Å². The van der Waals surface area contributed by atoms with Gasteiger partial charge in [-0.15, -0.1) is 0 Å². The molecule has 5 nitrogen and oxygen atoms in total. The average molecular weight is 340 g/mol. The number of aryl methyl sites for hydroxylation is 1. The van der Waals surface area contributed by atoms with Crippen molar-refractivity contribution in [1.82, 2.24) is 19.5 Å². The third-order valence-electron chi connectivity index (χ3n) is 4.71. The summed E-state index contributed by atoms with van der Waals surface area (Å²) >= 11 is 0. The van der Waals surface area contributed by atoms with E-state index in [-0.39, 0.29) is 5.56 Å². The van der Waals surface area contributed by atoms with Gasteiger partial charge < -0.3 is 14.5 Å². The number of pyridine rings is 1. The van der Waals surface area contributed by atoms with Gasteiger partial charge in [0.15, 0.2) is 0 Å². The maximum atomic E-state index is 12.3. The second-order valence-corrected chi connectivity index (χ2v) is 6.49. The molecule has 0 spiro atoms. The molecule has 5 rings (SSSR count). The zero-order chi connectivity index (χ0) is 17.7. The zero-order valence-electron chi connectivity index (χ0n) is 14.2. The fraction of sp³-hybridized carbons (Fsp3) is 0.0476. The van der Waals surface area contributed by atoms with Gasteiger partial charge in [-0.25, -0.2) is 4.98 Å². The highest BCUT2D eigenvalue weighted by atomic mass is 16.1. The number of benzene rings is 2. The minimum absolute atomic E-state index is 0.108. The zero-order valence-corrected chi connectivity index (χ0v) is 14.2. The smallest absolute Gasteiger partial charge is 0.249 e. The van der Waals surface area contributed by atoms with E-state index >= 15 is 0 Å². The molecule has 0 atom stereocenters. The predicted octanol–water partition coefficient (Wildman–Crippen LogP) is 4.17. The van der Waals surface area contributed by atoms with E-state index < -0.39 is 0 Å². The Morgan fingerprint density at radius 3 is 2.77 bits per heavy atom. The normalized spacial score (nSPS) is 11.4. The number of H-pyrrole nitrogens is 2. The molecule has 0 radical (unpaired) electrons. The molecule has 0 amide bonds. The molecular formula is C21H16N4O. The summed E-state index contributed by atoms with van der Waals surface area (Å²) in [5, 5.41) is 1.03. The van der Waals surface area contributed by atoms with Crippen molar-refractivity contribution in [3.63, 3.8) is 0 Å². The van der Waals surface area contributed by atoms with Crippen molar-refractivity contribution in [3.05, 3.63) is 83.2 Å². The van der Waals surface area contributed by atoms with E-state index in [0.717, 1.165) is 44.3 Å². The van der Waals surface area contributed by atoms with Crippen LogP contribution in [0.2, 0.25) is 0 Å². The standard InChI is InChI=1S/C21H16N4O/c1-13-5-6-18-17(9-13)21-20(23-18)16(11-19(26)24-21)14-3-2-4-15(10-14)25-8-7-22-12-25/h2-12,23H,1H3,(H,24,26). The molecule has 0 fully saturated rings. The minimum Gasteiger partial charge on any atom is -0.353 e. The van der Waals surface area contributed by atoms with Crippen LogP contribution in [0.5, 0.6) is 0 Å². The van der Waals surface area contributed by atoms with Gasteiger partial charge in [0.05, 0.1) is 17.4 Å². The van der Waals surface area contributed by atoms with Gasteiger partial charge in [0, 0.05) is 40.6 Å². The molecule has 3 aromatic heterocycles. The summed E-state index contributed by atoms with van der Waals surface area (Å²) in [5.74, 6) is 0. The second kappa shape index (κ2) is 5.46. The van der Waals surface area contributed by atoms with Crippen molar-refractivity contribution in [2.45, 2.75) is 6.92 Å². The van der Waals surface area contributed by atoms with Gasteiger partial charge in [-0.05, 0) is 36.8 Å². The number of rotatable bonds is 2. The van der Waals surface area contributed by atoms with Crippen LogP contribution in [0.15, 0.2) is 72.0 Å². The molecular weight excluding hydrogens is 324 g/mol. The Balaban J connectivity index is 1.81. The summed E-state index contributed by atoms with van der Waals surface area (Å²) in [6.45, 7) is 2.05. The molecule has 0 aliphatic carbocycles. The lowest BCUT2D eigenvalue weighted by atomic mass is 10.0. The quantitative estimate of drug-likeness (QED) is 0.506. The Morgan fingerprint density at radius 2 is 1.92 bits per heavy atom. The molecule has 0 aliphatic rings. The number of aromatic amines is 2. The van der Waals surface area contributed by atoms with E-state index in [9.17, 15) is 4.79 Å². The first-order chi connectivity index (χ1) is 12.7. The van der Waals surface area contributed by atoms with Gasteiger partial charge in [0.2, 0.25) is 5.56 Å². The van der Waals surface area contributed by atoms with Gasteiger partial charge in [-0.3, -0.25) is 4.79 Å². The molecule has 0 aliphatic heterocycles. The highest BCUT2D eigenvalue weighted by Crippen LogP contribution is 2.31. The van der Waals surface area contributed by atoms with Gasteiger partial charge in [-0.2, -0.15) is 0 Å². The summed E-state index contributed by atoms with van der Waals surface area (Å²) in [6, 6.07) is 15.9. The molecule has 5 aromatic rings. The van der Waals surface area contributed by atoms with Gasteiger partial charge in [-0.1, -0.05) is 23.8 Å². The summed E-state index contributed by atoms with van der Waals surface area (Å²) in [7, 11) is 0. The van der Waals surface area contributed by atoms with E-state index in [1.165, 1.54) is 0 Å². The summed E-state index contributed by atoms with van der Waals surface area (Å²) in [6.07, 6.45) is 5.41. The summed E-state index contributed by atoms with van der Waals surface area (Å²) < 4.78 is 1.95. The highest BCUT2D eigenvalue weighted by molar-refractivity contribution is 6.09. The van der Waals surface area contributed by atoms with Crippen LogP contribution >= 0.6 is 0 Å². The lowest BCUT2D eigenvalue weighted by molar-refractivity contribution is 1.06. The van der Waals surface area contributed by atoms with Crippen LogP contribution in [0.25, 0.3) is 38.8 Å². The van der Waals surface area contributed by atoms with Crippen LogP contribution in [0.3, 0.4) is 0 Å². The predicted molar refractivity (Wildman–Crippen MR) is 104 cm³/mol. The van der Waals surface area contributed by atoms with Crippen molar-refractivity contribution >= 4 is 21.9 Å². The number of hydrogen-bond acceptors (Lipinski definition) is 2. The maximum absolute atomic E-state index is 12.3. The molecule has 3 heterocycles. The Kier molecular flexibility index (Phi) is 3.09. The number of nitrogens with zero attached hydrogens (tertiary/aromatic N) is 2. The van der Waals surface area contributed by atoms with Crippen LogP contribution in [-0.2, 0) is 0 Å². The van der Waals surface area contributed by atoms with Crippen molar-refractivity contribution in [1.29, 1.82) is 0 Å². The molecule has 26 heavy (non-hydrogen) atoms. The van der Waals surface area contributed by atoms with Crippen LogP contribution in [-0.4, -0.2) is 19.5 Å². The highest BCUT2D eigenvalue weighted by Gasteiger charge is 2.12. The van der Waals surface area contributed by atoms with Gasteiger partial charge in [0.25, 0.3) is 0 Å². The fourth-order valence-electron chi connectivity index (χ4n) is 3.47. The fourth-order valence-corrected chi connectivity index (χ4v) is 3.47. The molecule has 5 heteroatoms. The first-order valence-corrected chi connectivity index (χ1v) is 8.43. The Bertz CT molecular complexity index is 1310. The largest absolute Gasteiger partial charge is 0.353 e. The molecule has 2 N–H and O–H groups in total. The minimum atomic E-state index is -0.108. The molecule has 2 aromatic carbocycles. The van der Waals surface area contributed by atoms with E-state index in [2.05, 4.69) is 46.1 Å². The number of hydrogen-bond donors (Lipinski definition) is 2. The first-order valence-electron chi connectivity index (χ1n) is 8.43. The monoisotopic (exact) mass is 340 g/mol. The van der Waals surface area contributed by atoms with Crippen LogP contribution in [0.1, 0.15) is 5.56 Å². The van der Waals surface area contributed by atoms with Crippen molar-refractivity contribution in [2.24, 2.45) is 0 Å². The molecule has 0 unspecified atom stereocenters. The van der Waals surface area contributed by atoms with Crippen LogP contribution in [0, 0.1) is 6.92 Å². The number of fused-ring (bicyclic) bond motifs is 3. The van der Waals surface area contributed by atoms with Gasteiger partial charge >= 0.3 is 0 Å². The van der Waals surface area contributed by atoms with E-state index in [1.807, 2.05) is 29.0 Å². The third-order valence-corrected chi connectivity index (χ3v) is 4.71. The van der Waals surface area contributed by atoms with E-state index in [1.54, 1.807) is 18.6 Å². The topological polar surface area (TPSA) is 66.5 Å². The second-order valence-electron chi connectivity index (χ2n) is 6.49. The number of imidazole rings is 1. The lowest BCUT2D eigenvalue weighted by Crippen LogP contribution is -2.04. The van der Waals surface area contributed by atoms with Crippen LogP contribution in [0.4, 0.5) is 0 Å². The molecule has 0 saturated carbocycles.